The van der Waals surface area contributed by atoms with Gasteiger partial charge in [-0.2, -0.15) is 0 Å². The van der Waals surface area contributed by atoms with Crippen LogP contribution in [0.25, 0.3) is 0 Å². The van der Waals surface area contributed by atoms with Gasteiger partial charge in [0.2, 0.25) is 0 Å². The highest BCUT2D eigenvalue weighted by Crippen LogP contribution is 2.30. The van der Waals surface area contributed by atoms with Crippen LogP contribution in [0.4, 0.5) is 10.7 Å². The molecule has 1 aromatic carbocycles. The summed E-state index contributed by atoms with van der Waals surface area (Å²) in [4.78, 5) is 30.8. The maximum atomic E-state index is 12.0. The van der Waals surface area contributed by atoms with Gasteiger partial charge in [-0.3, -0.25) is 0 Å². The maximum absolute atomic E-state index is 12.0. The van der Waals surface area contributed by atoms with Gasteiger partial charge in [0.1, 0.15) is 17.4 Å². The van der Waals surface area contributed by atoms with Gasteiger partial charge < -0.3 is 30.2 Å². The Labute approximate surface area is 187 Å². The average Bonchev–Trinajstić information content (AvgIpc) is 3.23. The molecule has 1 aliphatic rings. The molecule has 1 amide bonds. The molecule has 1 aliphatic heterocycles. The van der Waals surface area contributed by atoms with Crippen LogP contribution in [0.15, 0.2) is 30.6 Å². The zero-order chi connectivity index (χ0) is 23.1. The Morgan fingerprint density at radius 3 is 2.88 bits per heavy atom. The molecule has 0 saturated heterocycles. The number of carbonyl (C=O) groups is 2. The summed E-state index contributed by atoms with van der Waals surface area (Å²) in [6.45, 7) is 6.01. The number of amides is 1. The highest BCUT2D eigenvalue weighted by Gasteiger charge is 2.25. The van der Waals surface area contributed by atoms with Crippen molar-refractivity contribution in [1.82, 2.24) is 15.3 Å². The van der Waals surface area contributed by atoms with E-state index in [0.29, 0.717) is 0 Å². The largest absolute Gasteiger partial charge is 0.490 e. The summed E-state index contributed by atoms with van der Waals surface area (Å²) in [5.74, 6) is 0.511. The molecule has 0 radical (unpaired) electrons. The Balaban J connectivity index is 1.50. The number of H-pyrrole nitrogens is 1. The molecule has 4 N–H and O–H groups in total. The molecule has 1 aromatic heterocycles. The van der Waals surface area contributed by atoms with Crippen LogP contribution in [0.5, 0.6) is 5.75 Å². The number of imidazole rings is 1. The Morgan fingerprint density at radius 2 is 2.19 bits per heavy atom. The first kappa shape index (κ1) is 23.4. The number of hydrogen-bond donors (Lipinski definition) is 4. The van der Waals surface area contributed by atoms with Crippen molar-refractivity contribution in [3.8, 4) is 5.75 Å². The molecule has 0 bridgehead atoms. The van der Waals surface area contributed by atoms with E-state index >= 15 is 0 Å². The molecule has 0 aliphatic carbocycles. The molecule has 9 nitrogen and oxygen atoms in total. The monoisotopic (exact) mass is 444 g/mol. The number of nitrogens with one attached hydrogen (secondary N) is 3. The number of nitrogens with zero attached hydrogens (tertiary/aromatic N) is 1. The third-order valence-corrected chi connectivity index (χ3v) is 5.08. The summed E-state index contributed by atoms with van der Waals surface area (Å²) >= 11 is 0. The summed E-state index contributed by atoms with van der Waals surface area (Å²) in [5, 5.41) is 15.2. The van der Waals surface area contributed by atoms with E-state index < -0.39 is 23.7 Å². The zero-order valence-corrected chi connectivity index (χ0v) is 18.8. The van der Waals surface area contributed by atoms with Gasteiger partial charge in [-0.15, -0.1) is 0 Å². The number of aryl methyl sites for hydroxylation is 1. The van der Waals surface area contributed by atoms with Gasteiger partial charge in [-0.1, -0.05) is 12.1 Å². The van der Waals surface area contributed by atoms with E-state index in [4.69, 9.17) is 9.47 Å². The van der Waals surface area contributed by atoms with Crippen LogP contribution in [-0.4, -0.2) is 51.4 Å². The number of aromatic amines is 1. The first-order chi connectivity index (χ1) is 15.2. The number of aromatic nitrogens is 2. The first-order valence-electron chi connectivity index (χ1n) is 10.9. The molecule has 9 heteroatoms. The van der Waals surface area contributed by atoms with Crippen molar-refractivity contribution in [3.63, 3.8) is 0 Å². The van der Waals surface area contributed by atoms with Crippen LogP contribution >= 0.6 is 0 Å². The van der Waals surface area contributed by atoms with Crippen molar-refractivity contribution in [2.24, 2.45) is 0 Å². The van der Waals surface area contributed by atoms with Crippen LogP contribution in [0.3, 0.4) is 0 Å². The second-order valence-electron chi connectivity index (χ2n) is 8.97. The molecule has 1 unspecified atom stereocenters. The van der Waals surface area contributed by atoms with Crippen LogP contribution < -0.4 is 15.4 Å². The van der Waals surface area contributed by atoms with Gasteiger partial charge in [-0.25, -0.2) is 14.6 Å². The summed E-state index contributed by atoms with van der Waals surface area (Å²) < 4.78 is 11.3. The summed E-state index contributed by atoms with van der Waals surface area (Å²) in [6, 6.07) is 4.65. The minimum Gasteiger partial charge on any atom is -0.490 e. The van der Waals surface area contributed by atoms with Gasteiger partial charge >= 0.3 is 12.1 Å². The minimum atomic E-state index is -1.10. The van der Waals surface area contributed by atoms with Crippen LogP contribution in [0.1, 0.15) is 51.2 Å². The molecule has 0 spiro atoms. The number of carboxylic acid groups (broad SMARTS) is 1. The van der Waals surface area contributed by atoms with Crippen molar-refractivity contribution in [3.05, 3.63) is 41.7 Å². The molecule has 0 fully saturated rings. The lowest BCUT2D eigenvalue weighted by Crippen LogP contribution is -2.44. The van der Waals surface area contributed by atoms with E-state index in [1.165, 1.54) is 0 Å². The quantitative estimate of drug-likeness (QED) is 0.436. The number of alkyl carbamates (subject to hydrolysis) is 1. The lowest BCUT2D eigenvalue weighted by molar-refractivity contribution is -0.139. The van der Waals surface area contributed by atoms with E-state index in [0.717, 1.165) is 55.1 Å². The molecule has 0 saturated carbocycles. The van der Waals surface area contributed by atoms with Crippen molar-refractivity contribution in [1.29, 1.82) is 0 Å². The lowest BCUT2D eigenvalue weighted by Gasteiger charge is -2.27. The van der Waals surface area contributed by atoms with Crippen LogP contribution in [0.2, 0.25) is 0 Å². The molecule has 2 aromatic rings. The van der Waals surface area contributed by atoms with E-state index in [1.807, 2.05) is 18.2 Å². The number of anilines is 1. The highest BCUT2D eigenvalue weighted by molar-refractivity contribution is 5.80. The zero-order valence-electron chi connectivity index (χ0n) is 18.8. The SMILES string of the molecule is CC(C)(C)OC(=O)N[C@@H](Cc1ccc2c(c1)CCC(CCCNc1ncc[nH]1)O2)C(=O)O. The van der Waals surface area contributed by atoms with Gasteiger partial charge in [0, 0.05) is 25.4 Å². The van der Waals surface area contributed by atoms with Crippen molar-refractivity contribution >= 4 is 18.0 Å². The Hall–Kier alpha value is -3.23. The second-order valence-corrected chi connectivity index (χ2v) is 8.97. The Bertz CT molecular complexity index is 908. The van der Waals surface area contributed by atoms with E-state index in [2.05, 4.69) is 20.6 Å². The third kappa shape index (κ3) is 7.18. The number of benzene rings is 1. The lowest BCUT2D eigenvalue weighted by atomic mass is 9.96. The first-order valence-corrected chi connectivity index (χ1v) is 10.9. The van der Waals surface area contributed by atoms with Gasteiger partial charge in [0.05, 0.1) is 6.10 Å². The number of hydrogen-bond acceptors (Lipinski definition) is 6. The fourth-order valence-electron chi connectivity index (χ4n) is 3.61. The molecule has 32 heavy (non-hydrogen) atoms. The Morgan fingerprint density at radius 1 is 1.38 bits per heavy atom. The number of ether oxygens (including phenoxy) is 2. The van der Waals surface area contributed by atoms with E-state index in [1.54, 1.807) is 33.2 Å². The normalized spacial score (nSPS) is 16.4. The van der Waals surface area contributed by atoms with Crippen molar-refractivity contribution in [2.45, 2.75) is 70.6 Å². The standard InChI is InChI=1S/C23H32N4O5/c1-23(2,3)32-22(30)27-18(20(28)29)14-15-6-9-19-16(13-15)7-8-17(31-19)5-4-10-24-21-25-11-12-26-21/h6,9,11-13,17-18H,4-5,7-8,10,14H2,1-3H3,(H,27,30)(H,28,29)(H2,24,25,26)/t17?,18-/m0/s1. The fraction of sp³-hybridized carbons (Fsp3) is 0.522. The maximum Gasteiger partial charge on any atom is 0.408 e. The van der Waals surface area contributed by atoms with Gasteiger partial charge in [-0.05, 0) is 63.6 Å². The van der Waals surface area contributed by atoms with Gasteiger partial charge in [0.25, 0.3) is 0 Å². The molecule has 2 heterocycles. The number of aliphatic carboxylic acids is 1. The summed E-state index contributed by atoms with van der Waals surface area (Å²) in [6.07, 6.45) is 6.78. The topological polar surface area (TPSA) is 126 Å². The predicted octanol–water partition coefficient (Wildman–Crippen LogP) is 3.52. The summed E-state index contributed by atoms with van der Waals surface area (Å²) in [7, 11) is 0. The molecular weight excluding hydrogens is 412 g/mol. The van der Waals surface area contributed by atoms with Crippen molar-refractivity contribution < 1.29 is 24.2 Å². The number of rotatable bonds is 9. The number of carboxylic acids is 1. The van der Waals surface area contributed by atoms with Gasteiger partial charge in [0.15, 0.2) is 5.95 Å². The molecule has 3 rings (SSSR count). The third-order valence-electron chi connectivity index (χ3n) is 5.08. The van der Waals surface area contributed by atoms with E-state index in [-0.39, 0.29) is 12.5 Å². The van der Waals surface area contributed by atoms with Crippen LogP contribution in [-0.2, 0) is 22.4 Å². The summed E-state index contributed by atoms with van der Waals surface area (Å²) in [5.41, 5.74) is 1.20. The molecular formula is C23H32N4O5. The van der Waals surface area contributed by atoms with E-state index in [9.17, 15) is 14.7 Å². The fourth-order valence-corrected chi connectivity index (χ4v) is 3.61. The minimum absolute atomic E-state index is 0.160. The Kier molecular flexibility index (Phi) is 7.61. The highest BCUT2D eigenvalue weighted by atomic mass is 16.6. The van der Waals surface area contributed by atoms with Crippen LogP contribution in [0, 0.1) is 0 Å². The molecule has 174 valence electrons. The average molecular weight is 445 g/mol. The predicted molar refractivity (Wildman–Crippen MR) is 120 cm³/mol. The number of fused-ring (bicyclic) bond motifs is 1. The number of carbonyl (C=O) groups excluding carboxylic acids is 1. The van der Waals surface area contributed by atoms with Crippen molar-refractivity contribution in [2.75, 3.05) is 11.9 Å². The second kappa shape index (κ2) is 10.4. The molecule has 2 atom stereocenters. The smallest absolute Gasteiger partial charge is 0.408 e.